The summed E-state index contributed by atoms with van der Waals surface area (Å²) in [6, 6.07) is 3.69. The second-order valence-electron chi connectivity index (χ2n) is 4.44. The number of allylic oxidation sites excluding steroid dienone is 1. The summed E-state index contributed by atoms with van der Waals surface area (Å²) in [5.74, 6) is -1.25. The van der Waals surface area contributed by atoms with Crippen LogP contribution in [0.3, 0.4) is 0 Å². The summed E-state index contributed by atoms with van der Waals surface area (Å²) in [6.45, 7) is 0. The van der Waals surface area contributed by atoms with E-state index in [0.717, 1.165) is 12.1 Å². The first kappa shape index (κ1) is 16.7. The van der Waals surface area contributed by atoms with E-state index in [1.807, 2.05) is 0 Å². The van der Waals surface area contributed by atoms with Crippen LogP contribution in [0.1, 0.15) is 11.1 Å². The Morgan fingerprint density at radius 1 is 1.14 bits per heavy atom. The number of rotatable bonds is 2. The van der Waals surface area contributed by atoms with Crippen LogP contribution in [0.5, 0.6) is 0 Å². The Bertz CT molecular complexity index is 634. The lowest BCUT2D eigenvalue weighted by molar-refractivity contribution is -0.144. The van der Waals surface area contributed by atoms with Crippen molar-refractivity contribution in [2.75, 3.05) is 7.05 Å². The van der Waals surface area contributed by atoms with Crippen molar-refractivity contribution in [3.8, 4) is 0 Å². The molecule has 0 saturated carbocycles. The number of alkyl halides is 6. The second kappa shape index (κ2) is 5.53. The van der Waals surface area contributed by atoms with Crippen molar-refractivity contribution in [2.24, 2.45) is 0 Å². The van der Waals surface area contributed by atoms with Crippen molar-refractivity contribution >= 4 is 23.1 Å². The molecule has 0 saturated heterocycles. The van der Waals surface area contributed by atoms with Gasteiger partial charge in [0.25, 0.3) is 0 Å². The van der Waals surface area contributed by atoms with Gasteiger partial charge in [0.15, 0.2) is 11.0 Å². The monoisotopic (exact) mass is 341 g/mol. The van der Waals surface area contributed by atoms with E-state index >= 15 is 0 Å². The highest BCUT2D eigenvalue weighted by atomic mass is 32.2. The van der Waals surface area contributed by atoms with Crippen LogP contribution in [0.2, 0.25) is 0 Å². The Balaban J connectivity index is 2.49. The van der Waals surface area contributed by atoms with Crippen molar-refractivity contribution in [2.45, 2.75) is 17.6 Å². The predicted octanol–water partition coefficient (Wildman–Crippen LogP) is 3.84. The molecule has 1 unspecified atom stereocenters. The zero-order valence-electron chi connectivity index (χ0n) is 11.0. The maximum Gasteiger partial charge on any atom is 0.416 e. The van der Waals surface area contributed by atoms with Crippen molar-refractivity contribution in [3.63, 3.8) is 0 Å². The minimum Gasteiger partial charge on any atom is -0.382 e. The zero-order chi connectivity index (χ0) is 16.7. The lowest BCUT2D eigenvalue weighted by atomic mass is 9.98. The molecule has 0 spiro atoms. The summed E-state index contributed by atoms with van der Waals surface area (Å²) in [4.78, 5) is 12.0. The fourth-order valence-corrected chi connectivity index (χ4v) is 3.05. The molecule has 2 rings (SSSR count). The summed E-state index contributed by atoms with van der Waals surface area (Å²) in [5.41, 5.74) is -1.59. The highest BCUT2D eigenvalue weighted by Gasteiger charge is 2.51. The molecule has 1 heterocycles. The highest BCUT2D eigenvalue weighted by molar-refractivity contribution is 8.05. The van der Waals surface area contributed by atoms with Gasteiger partial charge in [-0.2, -0.15) is 26.3 Å². The third-order valence-electron chi connectivity index (χ3n) is 2.95. The van der Waals surface area contributed by atoms with E-state index in [1.54, 1.807) is 0 Å². The van der Waals surface area contributed by atoms with Crippen LogP contribution in [-0.4, -0.2) is 24.3 Å². The molecule has 1 aliphatic rings. The molecule has 1 atom stereocenters. The number of benzene rings is 1. The molecule has 1 aromatic carbocycles. The summed E-state index contributed by atoms with van der Waals surface area (Å²) in [6.07, 6.45) is -9.41. The first-order valence-electron chi connectivity index (χ1n) is 5.93. The van der Waals surface area contributed by atoms with E-state index < -0.39 is 28.9 Å². The third kappa shape index (κ3) is 3.08. The number of nitrogens with one attached hydrogen (secondary N) is 1. The molecule has 0 aliphatic carbocycles. The van der Waals surface area contributed by atoms with E-state index in [4.69, 9.17) is 0 Å². The Kier molecular flexibility index (Phi) is 4.20. The van der Waals surface area contributed by atoms with Crippen LogP contribution in [0, 0.1) is 0 Å². The number of Topliss-reactive ketones (excluding diaryl/α,β-unsaturated/α-hetero) is 1. The van der Waals surface area contributed by atoms with Gasteiger partial charge in [0, 0.05) is 7.05 Å². The van der Waals surface area contributed by atoms with Gasteiger partial charge in [-0.1, -0.05) is 23.9 Å². The van der Waals surface area contributed by atoms with Crippen molar-refractivity contribution in [1.82, 2.24) is 5.32 Å². The maximum absolute atomic E-state index is 12.8. The number of ketones is 1. The molecule has 2 nitrogen and oxygen atoms in total. The summed E-state index contributed by atoms with van der Waals surface area (Å²) < 4.78 is 76.5. The van der Waals surface area contributed by atoms with Gasteiger partial charge in [-0.25, -0.2) is 0 Å². The number of carbonyl (C=O) groups excluding carboxylic acids is 1. The number of hydrogen-bond donors (Lipinski definition) is 1. The Morgan fingerprint density at radius 3 is 2.27 bits per heavy atom. The standard InChI is InChI=1S/C13H9F6NOS/c1-20-11-8(9(21)10(22-11)13(17,18)19)6-3-2-4-7(5-6)12(14,15)16/h2-5,10,20H,1H3. The normalized spacial score (nSPS) is 19.8. The Labute approximate surface area is 125 Å². The highest BCUT2D eigenvalue weighted by Crippen LogP contribution is 2.46. The van der Waals surface area contributed by atoms with E-state index in [2.05, 4.69) is 5.32 Å². The molecule has 22 heavy (non-hydrogen) atoms. The van der Waals surface area contributed by atoms with Crippen LogP contribution in [0.15, 0.2) is 29.3 Å². The van der Waals surface area contributed by atoms with E-state index in [1.165, 1.54) is 13.1 Å². The lowest BCUT2D eigenvalue weighted by Crippen LogP contribution is -2.31. The Hall–Kier alpha value is -1.64. The fourth-order valence-electron chi connectivity index (χ4n) is 2.00. The summed E-state index contributed by atoms with van der Waals surface area (Å²) >= 11 is 0.255. The van der Waals surface area contributed by atoms with Crippen LogP contribution in [0.4, 0.5) is 26.3 Å². The van der Waals surface area contributed by atoms with Gasteiger partial charge in [0.1, 0.15) is 0 Å². The minimum absolute atomic E-state index is 0.0911. The molecule has 1 aromatic rings. The Morgan fingerprint density at radius 2 is 1.77 bits per heavy atom. The van der Waals surface area contributed by atoms with Crippen LogP contribution >= 0.6 is 11.8 Å². The first-order valence-corrected chi connectivity index (χ1v) is 6.81. The average Bonchev–Trinajstić information content (AvgIpc) is 2.74. The number of halogens is 6. The topological polar surface area (TPSA) is 29.1 Å². The molecule has 120 valence electrons. The van der Waals surface area contributed by atoms with Crippen molar-refractivity contribution < 1.29 is 31.1 Å². The molecule has 9 heteroatoms. The molecular weight excluding hydrogens is 332 g/mol. The summed E-state index contributed by atoms with van der Waals surface area (Å²) in [7, 11) is 1.31. The molecule has 0 aromatic heterocycles. The molecule has 1 aliphatic heterocycles. The minimum atomic E-state index is -4.77. The molecule has 0 radical (unpaired) electrons. The molecule has 0 amide bonds. The molecule has 1 N–H and O–H groups in total. The second-order valence-corrected chi connectivity index (χ2v) is 5.55. The van der Waals surface area contributed by atoms with E-state index in [9.17, 15) is 31.1 Å². The van der Waals surface area contributed by atoms with Gasteiger partial charge < -0.3 is 5.32 Å². The van der Waals surface area contributed by atoms with Crippen LogP contribution in [-0.2, 0) is 11.0 Å². The quantitative estimate of drug-likeness (QED) is 0.829. The number of thioether (sulfide) groups is 1. The third-order valence-corrected chi connectivity index (χ3v) is 4.31. The zero-order valence-corrected chi connectivity index (χ0v) is 11.8. The van der Waals surface area contributed by atoms with Gasteiger partial charge in [0.05, 0.1) is 16.2 Å². The number of hydrogen-bond acceptors (Lipinski definition) is 3. The first-order chi connectivity index (χ1) is 10.1. The summed E-state index contributed by atoms with van der Waals surface area (Å²) in [5, 5.41) is 0.0466. The fraction of sp³-hybridized carbons (Fsp3) is 0.308. The average molecular weight is 341 g/mol. The maximum atomic E-state index is 12.8. The smallest absolute Gasteiger partial charge is 0.382 e. The SMILES string of the molecule is CNC1=C(c2cccc(C(F)(F)F)c2)C(=O)C(C(F)(F)F)S1. The van der Waals surface area contributed by atoms with Gasteiger partial charge in [-0.15, -0.1) is 0 Å². The van der Waals surface area contributed by atoms with Crippen molar-refractivity contribution in [3.05, 3.63) is 40.4 Å². The van der Waals surface area contributed by atoms with Gasteiger partial charge in [-0.05, 0) is 17.7 Å². The molecule has 0 fully saturated rings. The van der Waals surface area contributed by atoms with E-state index in [-0.39, 0.29) is 27.9 Å². The molecule has 0 bridgehead atoms. The molecular formula is C13H9F6NOS. The predicted molar refractivity (Wildman–Crippen MR) is 69.9 cm³/mol. The lowest BCUT2D eigenvalue weighted by Gasteiger charge is -2.13. The van der Waals surface area contributed by atoms with Gasteiger partial charge in [0.2, 0.25) is 0 Å². The van der Waals surface area contributed by atoms with Gasteiger partial charge >= 0.3 is 12.4 Å². The van der Waals surface area contributed by atoms with Crippen LogP contribution in [0.25, 0.3) is 5.57 Å². The van der Waals surface area contributed by atoms with E-state index in [0.29, 0.717) is 6.07 Å². The number of carbonyl (C=O) groups is 1. The van der Waals surface area contributed by atoms with Gasteiger partial charge in [-0.3, -0.25) is 4.79 Å². The largest absolute Gasteiger partial charge is 0.416 e. The van der Waals surface area contributed by atoms with Crippen molar-refractivity contribution in [1.29, 1.82) is 0 Å². The van der Waals surface area contributed by atoms with Crippen LogP contribution < -0.4 is 5.32 Å².